The van der Waals surface area contributed by atoms with E-state index in [0.29, 0.717) is 0 Å². The largest absolute Gasteiger partial charge is 0.449 e. The second kappa shape index (κ2) is 9.11. The molecule has 0 saturated heterocycles. The van der Waals surface area contributed by atoms with Crippen molar-refractivity contribution in [2.24, 2.45) is 0 Å². The molecule has 0 aliphatic heterocycles. The number of nitrogens with zero attached hydrogens (tertiary/aromatic N) is 2. The molecule has 0 aromatic carbocycles. The van der Waals surface area contributed by atoms with Gasteiger partial charge in [0.15, 0.2) is 0 Å². The SMILES string of the molecule is CCOC(=O)N(C(=O)N(C(=O)OCC)P(=O)(OC)OC)P(=O)(O)O. The summed E-state index contributed by atoms with van der Waals surface area (Å²) in [6, 6.07) is -2.01. The Hall–Kier alpha value is -1.49. The van der Waals surface area contributed by atoms with Crippen LogP contribution in [0.4, 0.5) is 14.4 Å². The van der Waals surface area contributed by atoms with E-state index in [1.807, 2.05) is 0 Å². The number of ether oxygens (including phenoxy) is 2. The van der Waals surface area contributed by atoms with Gasteiger partial charge >= 0.3 is 33.7 Å². The van der Waals surface area contributed by atoms with E-state index in [0.717, 1.165) is 14.2 Å². The van der Waals surface area contributed by atoms with E-state index in [-0.39, 0.29) is 17.9 Å². The molecular formula is C9H18N2O11P2. The molecule has 0 aliphatic carbocycles. The smallest absolute Gasteiger partial charge is 0.448 e. The summed E-state index contributed by atoms with van der Waals surface area (Å²) in [7, 11) is -8.69. The number of carbonyl (C=O) groups is 3. The molecule has 4 amide bonds. The molecule has 0 aliphatic rings. The van der Waals surface area contributed by atoms with Crippen molar-refractivity contribution in [1.29, 1.82) is 0 Å². The van der Waals surface area contributed by atoms with Crippen molar-refractivity contribution in [1.82, 2.24) is 9.34 Å². The van der Waals surface area contributed by atoms with Crippen molar-refractivity contribution in [2.45, 2.75) is 13.8 Å². The molecule has 0 fully saturated rings. The van der Waals surface area contributed by atoms with Gasteiger partial charge in [0.2, 0.25) is 0 Å². The van der Waals surface area contributed by atoms with Gasteiger partial charge in [-0.3, -0.25) is 9.05 Å². The van der Waals surface area contributed by atoms with Gasteiger partial charge in [-0.15, -0.1) is 9.34 Å². The minimum atomic E-state index is -5.59. The monoisotopic (exact) mass is 392 g/mol. The predicted octanol–water partition coefficient (Wildman–Crippen LogP) is 1.52. The van der Waals surface area contributed by atoms with Crippen molar-refractivity contribution in [2.75, 3.05) is 27.4 Å². The van der Waals surface area contributed by atoms with E-state index in [2.05, 4.69) is 18.5 Å². The van der Waals surface area contributed by atoms with Crippen LogP contribution in [0, 0.1) is 0 Å². The molecule has 0 spiro atoms. The average molecular weight is 392 g/mol. The number of rotatable bonds is 6. The predicted molar refractivity (Wildman–Crippen MR) is 76.8 cm³/mol. The molecule has 13 nitrogen and oxygen atoms in total. The van der Waals surface area contributed by atoms with Gasteiger partial charge in [0, 0.05) is 14.2 Å². The van der Waals surface area contributed by atoms with Crippen LogP contribution in [0.25, 0.3) is 0 Å². The van der Waals surface area contributed by atoms with Crippen LogP contribution < -0.4 is 0 Å². The highest BCUT2D eigenvalue weighted by molar-refractivity contribution is 7.53. The minimum Gasteiger partial charge on any atom is -0.449 e. The number of hydrogen-bond acceptors (Lipinski definition) is 9. The molecule has 0 radical (unpaired) electrons. The third-order valence-electron chi connectivity index (χ3n) is 2.21. The molecular weight excluding hydrogens is 374 g/mol. The fraction of sp³-hybridized carbons (Fsp3) is 0.667. The average Bonchev–Trinajstić information content (AvgIpc) is 2.46. The number of amides is 4. The van der Waals surface area contributed by atoms with Crippen LogP contribution in [0.1, 0.15) is 13.8 Å². The Morgan fingerprint density at radius 1 is 0.875 bits per heavy atom. The number of imide groups is 2. The zero-order valence-corrected chi connectivity index (χ0v) is 15.1. The summed E-state index contributed by atoms with van der Waals surface area (Å²) >= 11 is 0. The Morgan fingerprint density at radius 2 is 1.25 bits per heavy atom. The van der Waals surface area contributed by atoms with Crippen LogP contribution in [-0.2, 0) is 27.7 Å². The van der Waals surface area contributed by atoms with Gasteiger partial charge in [-0.1, -0.05) is 0 Å². The maximum absolute atomic E-state index is 12.3. The third-order valence-corrected chi connectivity index (χ3v) is 4.81. The lowest BCUT2D eigenvalue weighted by molar-refractivity contribution is 0.105. The van der Waals surface area contributed by atoms with Crippen molar-refractivity contribution >= 4 is 33.7 Å². The van der Waals surface area contributed by atoms with Gasteiger partial charge in [-0.25, -0.2) is 23.5 Å². The summed E-state index contributed by atoms with van der Waals surface area (Å²) in [5.74, 6) is 0. The van der Waals surface area contributed by atoms with Gasteiger partial charge in [0.05, 0.1) is 13.2 Å². The second-order valence-corrected chi connectivity index (χ2v) is 7.14. The van der Waals surface area contributed by atoms with Crippen molar-refractivity contribution in [3.8, 4) is 0 Å². The van der Waals surface area contributed by atoms with Crippen LogP contribution in [0.3, 0.4) is 0 Å². The standard InChI is InChI=1S/C9H18N2O11P2/c1-5-21-8(13)10(23(15,16)17)7(12)11(9(14)22-6-2)24(18,19-3)20-4/h5-6H2,1-4H3,(H2,15,16,17). The summed E-state index contributed by atoms with van der Waals surface area (Å²) in [5.41, 5.74) is 0. The topological polar surface area (TPSA) is 169 Å². The summed E-state index contributed by atoms with van der Waals surface area (Å²) in [6.45, 7) is 2.02. The molecule has 24 heavy (non-hydrogen) atoms. The molecule has 0 atom stereocenters. The number of urea groups is 1. The van der Waals surface area contributed by atoms with Gasteiger partial charge in [0.1, 0.15) is 0 Å². The fourth-order valence-corrected chi connectivity index (χ4v) is 2.96. The molecule has 0 rings (SSSR count). The summed E-state index contributed by atoms with van der Waals surface area (Å²) in [4.78, 5) is 54.2. The molecule has 0 heterocycles. The Kier molecular flexibility index (Phi) is 8.55. The molecule has 15 heteroatoms. The number of hydrogen-bond donors (Lipinski definition) is 2. The minimum absolute atomic E-state index is 0.286. The first kappa shape index (κ1) is 22.5. The lowest BCUT2D eigenvalue weighted by Crippen LogP contribution is -2.46. The van der Waals surface area contributed by atoms with Crippen LogP contribution in [0.2, 0.25) is 0 Å². The highest BCUT2D eigenvalue weighted by atomic mass is 31.2. The van der Waals surface area contributed by atoms with E-state index in [4.69, 9.17) is 0 Å². The van der Waals surface area contributed by atoms with Crippen molar-refractivity contribution in [3.05, 3.63) is 0 Å². The van der Waals surface area contributed by atoms with E-state index in [1.54, 1.807) is 0 Å². The van der Waals surface area contributed by atoms with Gasteiger partial charge in [0.25, 0.3) is 0 Å². The quantitative estimate of drug-likeness (QED) is 0.628. The lowest BCUT2D eigenvalue weighted by atomic mass is 10.8. The fourth-order valence-electron chi connectivity index (χ4n) is 1.28. The van der Waals surface area contributed by atoms with Crippen LogP contribution in [0.5, 0.6) is 0 Å². The molecule has 140 valence electrons. The highest BCUT2D eigenvalue weighted by Gasteiger charge is 2.51. The van der Waals surface area contributed by atoms with Gasteiger partial charge in [-0.2, -0.15) is 0 Å². The second-order valence-electron chi connectivity index (χ2n) is 3.65. The van der Waals surface area contributed by atoms with Gasteiger partial charge in [-0.05, 0) is 13.8 Å². The van der Waals surface area contributed by atoms with E-state index < -0.39 is 38.4 Å². The van der Waals surface area contributed by atoms with Gasteiger partial charge < -0.3 is 19.3 Å². The Labute approximate surface area is 137 Å². The Morgan fingerprint density at radius 3 is 1.54 bits per heavy atom. The molecule has 0 bridgehead atoms. The first-order valence-corrected chi connectivity index (χ1v) is 9.31. The number of carbonyl (C=O) groups excluding carboxylic acids is 3. The van der Waals surface area contributed by atoms with Crippen LogP contribution in [-0.4, -0.2) is 64.8 Å². The molecule has 0 saturated carbocycles. The summed E-state index contributed by atoms with van der Waals surface area (Å²) < 4.78 is 40.5. The van der Waals surface area contributed by atoms with Crippen molar-refractivity contribution < 1.29 is 51.8 Å². The normalized spacial score (nSPS) is 11.6. The molecule has 0 aromatic rings. The molecule has 2 N–H and O–H groups in total. The Balaban J connectivity index is 6.11. The molecule has 0 aromatic heterocycles. The maximum atomic E-state index is 12.3. The molecule has 0 unspecified atom stereocenters. The summed E-state index contributed by atoms with van der Waals surface area (Å²) in [5, 5.41) is 0. The third kappa shape index (κ3) is 5.26. The van der Waals surface area contributed by atoms with E-state index in [1.165, 1.54) is 13.8 Å². The maximum Gasteiger partial charge on any atom is 0.448 e. The van der Waals surface area contributed by atoms with Crippen LogP contribution >= 0.6 is 15.5 Å². The lowest BCUT2D eigenvalue weighted by Gasteiger charge is -2.29. The first-order chi connectivity index (χ1) is 11.0. The van der Waals surface area contributed by atoms with Crippen LogP contribution in [0.15, 0.2) is 0 Å². The zero-order chi connectivity index (χ0) is 19.1. The Bertz CT molecular complexity index is 566. The van der Waals surface area contributed by atoms with E-state index >= 15 is 0 Å². The summed E-state index contributed by atoms with van der Waals surface area (Å²) in [6.07, 6.45) is -3.39. The first-order valence-electron chi connectivity index (χ1n) is 6.25. The highest BCUT2D eigenvalue weighted by Crippen LogP contribution is 2.53. The van der Waals surface area contributed by atoms with E-state index in [9.17, 15) is 33.3 Å². The zero-order valence-electron chi connectivity index (χ0n) is 13.3. The van der Waals surface area contributed by atoms with Crippen molar-refractivity contribution in [3.63, 3.8) is 0 Å².